The van der Waals surface area contributed by atoms with Gasteiger partial charge in [-0.15, -0.1) is 0 Å². The predicted molar refractivity (Wildman–Crippen MR) is 115 cm³/mol. The molecule has 0 bridgehead atoms. The maximum atomic E-state index is 13.0. The molecule has 0 unspecified atom stereocenters. The molecule has 1 fully saturated rings. The molecular weight excluding hydrogens is 362 g/mol. The third kappa shape index (κ3) is 3.68. The molecule has 4 rings (SSSR count). The number of aryl methyl sites for hydroxylation is 2. The van der Waals surface area contributed by atoms with Gasteiger partial charge in [-0.1, -0.05) is 30.3 Å². The topological polar surface area (TPSA) is 63.1 Å². The van der Waals surface area contributed by atoms with E-state index in [0.29, 0.717) is 18.5 Å². The molecule has 2 heterocycles. The minimum absolute atomic E-state index is 0.0769. The van der Waals surface area contributed by atoms with E-state index >= 15 is 0 Å². The van der Waals surface area contributed by atoms with Crippen LogP contribution in [-0.4, -0.2) is 22.9 Å². The van der Waals surface area contributed by atoms with Crippen molar-refractivity contribution >= 4 is 17.5 Å². The second kappa shape index (κ2) is 7.59. The Morgan fingerprint density at radius 3 is 2.59 bits per heavy atom. The van der Waals surface area contributed by atoms with Gasteiger partial charge in [0.1, 0.15) is 0 Å². The lowest BCUT2D eigenvalue weighted by molar-refractivity contribution is -0.119. The van der Waals surface area contributed by atoms with Crippen molar-refractivity contribution in [2.24, 2.45) is 0 Å². The smallest absolute Gasteiger partial charge is 0.257 e. The Balaban J connectivity index is 1.59. The number of nitrogens with zero attached hydrogens (tertiary/aromatic N) is 1. The average molecular weight is 387 g/mol. The summed E-state index contributed by atoms with van der Waals surface area (Å²) >= 11 is 0. The fraction of sp³-hybridized carbons (Fsp3) is 0.250. The van der Waals surface area contributed by atoms with Crippen LogP contribution in [0.3, 0.4) is 0 Å². The summed E-state index contributed by atoms with van der Waals surface area (Å²) in [6, 6.07) is 17.9. The summed E-state index contributed by atoms with van der Waals surface area (Å²) in [6.07, 6.45) is 0.495. The van der Waals surface area contributed by atoms with Crippen LogP contribution in [0.5, 0.6) is 0 Å². The molecule has 29 heavy (non-hydrogen) atoms. The third-order valence-corrected chi connectivity index (χ3v) is 5.63. The highest BCUT2D eigenvalue weighted by Gasteiger charge is 2.23. The first-order chi connectivity index (χ1) is 13.9. The molecule has 0 radical (unpaired) electrons. The van der Waals surface area contributed by atoms with E-state index in [1.54, 1.807) is 0 Å². The summed E-state index contributed by atoms with van der Waals surface area (Å²) in [5.74, 6) is 0.106. The van der Waals surface area contributed by atoms with Gasteiger partial charge in [0.05, 0.1) is 5.56 Å². The Bertz CT molecular complexity index is 1100. The molecule has 5 nitrogen and oxygen atoms in total. The first-order valence-corrected chi connectivity index (χ1v) is 9.87. The molecule has 2 N–H and O–H groups in total. The summed E-state index contributed by atoms with van der Waals surface area (Å²) in [5.41, 5.74) is 6.64. The maximum Gasteiger partial charge on any atom is 0.257 e. The van der Waals surface area contributed by atoms with Crippen molar-refractivity contribution < 1.29 is 9.59 Å². The fourth-order valence-corrected chi connectivity index (χ4v) is 4.09. The summed E-state index contributed by atoms with van der Waals surface area (Å²) in [6.45, 7) is 6.71. The zero-order valence-corrected chi connectivity index (χ0v) is 17.0. The van der Waals surface area contributed by atoms with Gasteiger partial charge in [0.2, 0.25) is 5.91 Å². The van der Waals surface area contributed by atoms with Crippen LogP contribution >= 0.6 is 0 Å². The number of amides is 2. The number of nitrogens with one attached hydrogen (secondary N) is 2. The van der Waals surface area contributed by atoms with E-state index in [-0.39, 0.29) is 17.7 Å². The molecule has 1 aliphatic rings. The Kier molecular flexibility index (Phi) is 4.97. The second-order valence-electron chi connectivity index (χ2n) is 7.69. The molecule has 1 atom stereocenters. The van der Waals surface area contributed by atoms with Crippen molar-refractivity contribution in [3.05, 3.63) is 82.7 Å². The zero-order chi connectivity index (χ0) is 20.5. The van der Waals surface area contributed by atoms with Gasteiger partial charge in [-0.3, -0.25) is 9.59 Å². The van der Waals surface area contributed by atoms with Crippen LogP contribution < -0.4 is 10.6 Å². The van der Waals surface area contributed by atoms with Crippen molar-refractivity contribution in [2.45, 2.75) is 33.1 Å². The summed E-state index contributed by atoms with van der Waals surface area (Å²) in [4.78, 5) is 24.5. The quantitative estimate of drug-likeness (QED) is 0.703. The Morgan fingerprint density at radius 1 is 1.07 bits per heavy atom. The van der Waals surface area contributed by atoms with E-state index in [4.69, 9.17) is 0 Å². The minimum Gasteiger partial charge on any atom is -0.355 e. The van der Waals surface area contributed by atoms with Gasteiger partial charge in [0.15, 0.2) is 0 Å². The van der Waals surface area contributed by atoms with Gasteiger partial charge in [0.25, 0.3) is 5.91 Å². The maximum absolute atomic E-state index is 13.0. The van der Waals surface area contributed by atoms with Gasteiger partial charge in [-0.05, 0) is 56.2 Å². The largest absolute Gasteiger partial charge is 0.355 e. The Hall–Kier alpha value is -3.34. The molecule has 148 valence electrons. The first kappa shape index (κ1) is 19.0. The first-order valence-electron chi connectivity index (χ1n) is 9.87. The third-order valence-electron chi connectivity index (χ3n) is 5.63. The number of para-hydroxylation sites is 1. The van der Waals surface area contributed by atoms with E-state index in [9.17, 15) is 9.59 Å². The molecule has 1 aromatic heterocycles. The number of aromatic nitrogens is 1. The highest BCUT2D eigenvalue weighted by atomic mass is 16.2. The molecular formula is C24H25N3O2. The van der Waals surface area contributed by atoms with Crippen LogP contribution in [0.4, 0.5) is 5.69 Å². The van der Waals surface area contributed by atoms with Crippen molar-refractivity contribution in [3.8, 4) is 5.69 Å². The summed E-state index contributed by atoms with van der Waals surface area (Å²) in [7, 11) is 0. The van der Waals surface area contributed by atoms with Crippen molar-refractivity contribution in [3.63, 3.8) is 0 Å². The van der Waals surface area contributed by atoms with Gasteiger partial charge in [0, 0.05) is 41.6 Å². The van der Waals surface area contributed by atoms with Crippen molar-refractivity contribution in [2.75, 3.05) is 11.9 Å². The summed E-state index contributed by atoms with van der Waals surface area (Å²) < 4.78 is 2.12. The van der Waals surface area contributed by atoms with Gasteiger partial charge in [-0.2, -0.15) is 0 Å². The van der Waals surface area contributed by atoms with Crippen molar-refractivity contribution in [1.29, 1.82) is 0 Å². The van der Waals surface area contributed by atoms with E-state index in [0.717, 1.165) is 33.9 Å². The number of anilines is 1. The molecule has 2 aromatic carbocycles. The van der Waals surface area contributed by atoms with Gasteiger partial charge in [-0.25, -0.2) is 0 Å². The number of hydrogen-bond acceptors (Lipinski definition) is 2. The van der Waals surface area contributed by atoms with Gasteiger partial charge < -0.3 is 15.2 Å². The lowest BCUT2D eigenvalue weighted by Gasteiger charge is -2.13. The van der Waals surface area contributed by atoms with E-state index in [1.165, 1.54) is 0 Å². The predicted octanol–water partition coefficient (Wildman–Crippen LogP) is 4.26. The minimum atomic E-state index is -0.129. The van der Waals surface area contributed by atoms with Crippen LogP contribution in [0.1, 0.15) is 45.2 Å². The number of benzene rings is 2. The Labute approximate surface area is 170 Å². The molecule has 5 heteroatoms. The highest BCUT2D eigenvalue weighted by molar-refractivity contribution is 6.05. The lowest BCUT2D eigenvalue weighted by Crippen LogP contribution is -2.14. The van der Waals surface area contributed by atoms with Crippen LogP contribution in [-0.2, 0) is 4.79 Å². The lowest BCUT2D eigenvalue weighted by atomic mass is 9.98. The number of carbonyl (C=O) groups excluding carboxylic acids is 2. The molecule has 1 saturated heterocycles. The SMILES string of the molecule is Cc1ccccc1-n1c(C)cc(C(=O)Nc2cccc([C@H]3CNC(=O)C3)c2)c1C. The van der Waals surface area contributed by atoms with Crippen molar-refractivity contribution in [1.82, 2.24) is 9.88 Å². The monoisotopic (exact) mass is 387 g/mol. The number of hydrogen-bond donors (Lipinski definition) is 2. The molecule has 3 aromatic rings. The molecule has 2 amide bonds. The fourth-order valence-electron chi connectivity index (χ4n) is 4.09. The van der Waals surface area contributed by atoms with Crippen LogP contribution in [0.2, 0.25) is 0 Å². The van der Waals surface area contributed by atoms with Crippen LogP contribution in [0.25, 0.3) is 5.69 Å². The zero-order valence-electron chi connectivity index (χ0n) is 17.0. The van der Waals surface area contributed by atoms with E-state index in [2.05, 4.69) is 34.3 Å². The van der Waals surface area contributed by atoms with Gasteiger partial charge >= 0.3 is 0 Å². The molecule has 0 spiro atoms. The second-order valence-corrected chi connectivity index (χ2v) is 7.69. The normalized spacial score (nSPS) is 16.0. The standard InChI is InChI=1S/C24H25N3O2/c1-15-7-4-5-10-22(15)27-16(2)11-21(17(27)3)24(29)26-20-9-6-8-18(12-20)19-13-23(28)25-14-19/h4-12,19H,13-14H2,1-3H3,(H,25,28)(H,26,29)/t19-/m1/s1. The average Bonchev–Trinajstić information content (AvgIpc) is 3.26. The molecule has 0 aliphatic carbocycles. The number of carbonyl (C=O) groups is 2. The molecule has 0 saturated carbocycles. The van der Waals surface area contributed by atoms with Crippen LogP contribution in [0.15, 0.2) is 54.6 Å². The highest BCUT2D eigenvalue weighted by Crippen LogP contribution is 2.27. The van der Waals surface area contributed by atoms with E-state index in [1.807, 2.05) is 56.3 Å². The summed E-state index contributed by atoms with van der Waals surface area (Å²) in [5, 5.41) is 5.88. The number of rotatable bonds is 4. The van der Waals surface area contributed by atoms with Crippen LogP contribution in [0, 0.1) is 20.8 Å². The molecule has 1 aliphatic heterocycles. The Morgan fingerprint density at radius 2 is 1.86 bits per heavy atom. The van der Waals surface area contributed by atoms with E-state index < -0.39 is 0 Å².